The van der Waals surface area contributed by atoms with Crippen LogP contribution >= 0.6 is 0 Å². The van der Waals surface area contributed by atoms with E-state index in [1.807, 2.05) is 18.5 Å². The molecule has 0 unspecified atom stereocenters. The van der Waals surface area contributed by atoms with Crippen LogP contribution in [0.3, 0.4) is 0 Å². The molecule has 2 nitrogen and oxygen atoms in total. The predicted octanol–water partition coefficient (Wildman–Crippen LogP) is 2.71. The fourth-order valence-electron chi connectivity index (χ4n) is 2.85. The Morgan fingerprint density at radius 3 is 3.00 bits per heavy atom. The average Bonchev–Trinajstić information content (AvgIpc) is 2.89. The minimum Gasteiger partial charge on any atom is -0.384 e. The maximum absolute atomic E-state index is 4.10. The Labute approximate surface area is 90.4 Å². The van der Waals surface area contributed by atoms with Gasteiger partial charge in [0.05, 0.1) is 5.69 Å². The Hall–Kier alpha value is -1.31. The van der Waals surface area contributed by atoms with Crippen molar-refractivity contribution in [2.45, 2.75) is 12.8 Å². The molecule has 0 radical (unpaired) electrons. The Morgan fingerprint density at radius 1 is 1.33 bits per heavy atom. The molecule has 2 heteroatoms. The van der Waals surface area contributed by atoms with Crippen LogP contribution in [-0.2, 0) is 0 Å². The number of allylic oxidation sites excluding steroid dienone is 2. The van der Waals surface area contributed by atoms with Gasteiger partial charge >= 0.3 is 0 Å². The van der Waals surface area contributed by atoms with E-state index in [1.54, 1.807) is 0 Å². The molecule has 1 aromatic heterocycles. The third kappa shape index (κ3) is 1.76. The van der Waals surface area contributed by atoms with Crippen LogP contribution in [0, 0.1) is 17.8 Å². The molecular weight excluding hydrogens is 184 g/mol. The van der Waals surface area contributed by atoms with Gasteiger partial charge in [0.25, 0.3) is 0 Å². The van der Waals surface area contributed by atoms with Crippen molar-refractivity contribution in [2.24, 2.45) is 17.8 Å². The van der Waals surface area contributed by atoms with E-state index >= 15 is 0 Å². The molecule has 1 N–H and O–H groups in total. The highest BCUT2D eigenvalue weighted by atomic mass is 14.9. The van der Waals surface area contributed by atoms with E-state index in [4.69, 9.17) is 0 Å². The standard InChI is InChI=1S/C13H16N2/c1-2-13(9-14-5-1)15-8-12-7-10-3-4-11(12)6-10/h1-5,9-12,15H,6-8H2/t10-,11-,12+/m0/s1. The number of rotatable bonds is 3. The lowest BCUT2D eigenvalue weighted by molar-refractivity contribution is 0.472. The van der Waals surface area contributed by atoms with E-state index in [-0.39, 0.29) is 0 Å². The molecule has 0 saturated heterocycles. The van der Waals surface area contributed by atoms with E-state index in [2.05, 4.69) is 28.5 Å². The third-order valence-electron chi connectivity index (χ3n) is 3.65. The summed E-state index contributed by atoms with van der Waals surface area (Å²) in [7, 11) is 0. The summed E-state index contributed by atoms with van der Waals surface area (Å²) in [5.41, 5.74) is 1.14. The number of aromatic nitrogens is 1. The number of hydrogen-bond donors (Lipinski definition) is 1. The van der Waals surface area contributed by atoms with Crippen LogP contribution in [0.15, 0.2) is 36.7 Å². The smallest absolute Gasteiger partial charge is 0.0526 e. The summed E-state index contributed by atoms with van der Waals surface area (Å²) in [5.74, 6) is 2.54. The molecule has 0 spiro atoms. The maximum Gasteiger partial charge on any atom is 0.0526 e. The number of hydrogen-bond acceptors (Lipinski definition) is 2. The highest BCUT2D eigenvalue weighted by Crippen LogP contribution is 2.43. The van der Waals surface area contributed by atoms with Crippen LogP contribution < -0.4 is 5.32 Å². The average molecular weight is 200 g/mol. The van der Waals surface area contributed by atoms with E-state index in [1.165, 1.54) is 12.8 Å². The quantitative estimate of drug-likeness (QED) is 0.759. The highest BCUT2D eigenvalue weighted by molar-refractivity contribution is 5.39. The van der Waals surface area contributed by atoms with Crippen LogP contribution in [-0.4, -0.2) is 11.5 Å². The van der Waals surface area contributed by atoms with Crippen LogP contribution in [0.1, 0.15) is 12.8 Å². The van der Waals surface area contributed by atoms with E-state index in [0.717, 1.165) is 30.0 Å². The molecule has 3 rings (SSSR count). The first kappa shape index (κ1) is 8.96. The Balaban J connectivity index is 1.57. The molecular formula is C13H16N2. The summed E-state index contributed by atoms with van der Waals surface area (Å²) in [6.07, 6.45) is 11.3. The first-order chi connectivity index (χ1) is 7.42. The molecule has 2 bridgehead atoms. The first-order valence-electron chi connectivity index (χ1n) is 5.74. The van der Waals surface area contributed by atoms with Crippen molar-refractivity contribution in [1.82, 2.24) is 4.98 Å². The van der Waals surface area contributed by atoms with E-state index < -0.39 is 0 Å². The second-order valence-corrected chi connectivity index (χ2v) is 4.66. The molecule has 78 valence electrons. The lowest BCUT2D eigenvalue weighted by Gasteiger charge is -2.18. The topological polar surface area (TPSA) is 24.9 Å². The van der Waals surface area contributed by atoms with Gasteiger partial charge in [-0.05, 0) is 42.7 Å². The van der Waals surface area contributed by atoms with Crippen molar-refractivity contribution in [1.29, 1.82) is 0 Å². The van der Waals surface area contributed by atoms with Gasteiger partial charge in [-0.2, -0.15) is 0 Å². The largest absolute Gasteiger partial charge is 0.384 e. The molecule has 1 saturated carbocycles. The molecule has 0 aliphatic heterocycles. The summed E-state index contributed by atoms with van der Waals surface area (Å²) in [4.78, 5) is 4.10. The zero-order valence-corrected chi connectivity index (χ0v) is 8.76. The normalized spacial score (nSPS) is 32.1. The van der Waals surface area contributed by atoms with Crippen LogP contribution in [0.4, 0.5) is 5.69 Å². The van der Waals surface area contributed by atoms with Gasteiger partial charge < -0.3 is 5.32 Å². The third-order valence-corrected chi connectivity index (χ3v) is 3.65. The van der Waals surface area contributed by atoms with Gasteiger partial charge in [0.1, 0.15) is 0 Å². The van der Waals surface area contributed by atoms with Crippen molar-refractivity contribution in [2.75, 3.05) is 11.9 Å². The maximum atomic E-state index is 4.10. The highest BCUT2D eigenvalue weighted by Gasteiger charge is 2.35. The van der Waals surface area contributed by atoms with Crippen LogP contribution in [0.2, 0.25) is 0 Å². The molecule has 1 aromatic rings. The number of nitrogens with one attached hydrogen (secondary N) is 1. The molecule has 3 atom stereocenters. The van der Waals surface area contributed by atoms with Gasteiger partial charge in [-0.15, -0.1) is 0 Å². The van der Waals surface area contributed by atoms with Crippen molar-refractivity contribution in [3.8, 4) is 0 Å². The van der Waals surface area contributed by atoms with Crippen molar-refractivity contribution >= 4 is 5.69 Å². The summed E-state index contributed by atoms with van der Waals surface area (Å²) in [5, 5.41) is 3.48. The summed E-state index contributed by atoms with van der Waals surface area (Å²) in [6, 6.07) is 4.05. The Bertz CT molecular complexity index is 358. The van der Waals surface area contributed by atoms with E-state index in [0.29, 0.717) is 0 Å². The van der Waals surface area contributed by atoms with Crippen molar-refractivity contribution < 1.29 is 0 Å². The minimum atomic E-state index is 0.833. The lowest BCUT2D eigenvalue weighted by atomic mass is 9.93. The van der Waals surface area contributed by atoms with Crippen LogP contribution in [0.25, 0.3) is 0 Å². The van der Waals surface area contributed by atoms with Gasteiger partial charge in [0.2, 0.25) is 0 Å². The second kappa shape index (κ2) is 3.69. The number of nitrogens with zero attached hydrogens (tertiary/aromatic N) is 1. The number of fused-ring (bicyclic) bond motifs is 2. The first-order valence-corrected chi connectivity index (χ1v) is 5.74. The molecule has 0 aromatic carbocycles. The molecule has 2 aliphatic rings. The monoisotopic (exact) mass is 200 g/mol. The molecule has 15 heavy (non-hydrogen) atoms. The van der Waals surface area contributed by atoms with Gasteiger partial charge in [0, 0.05) is 18.9 Å². The number of pyridine rings is 1. The SMILES string of the molecule is C1=C[C@H]2C[C@H]1C[C@@H]2CNc1cccnc1. The Kier molecular flexibility index (Phi) is 2.20. The lowest BCUT2D eigenvalue weighted by Crippen LogP contribution is -2.18. The second-order valence-electron chi connectivity index (χ2n) is 4.66. The molecule has 2 aliphatic carbocycles. The van der Waals surface area contributed by atoms with Gasteiger partial charge in [-0.1, -0.05) is 12.2 Å². The Morgan fingerprint density at radius 2 is 2.33 bits per heavy atom. The fraction of sp³-hybridized carbons (Fsp3) is 0.462. The van der Waals surface area contributed by atoms with Crippen molar-refractivity contribution in [3.63, 3.8) is 0 Å². The van der Waals surface area contributed by atoms with Gasteiger partial charge in [-0.3, -0.25) is 4.98 Å². The van der Waals surface area contributed by atoms with Gasteiger partial charge in [0.15, 0.2) is 0 Å². The predicted molar refractivity (Wildman–Crippen MR) is 61.6 cm³/mol. The van der Waals surface area contributed by atoms with E-state index in [9.17, 15) is 0 Å². The summed E-state index contributed by atoms with van der Waals surface area (Å²) < 4.78 is 0. The minimum absolute atomic E-state index is 0.833. The molecule has 1 heterocycles. The zero-order chi connectivity index (χ0) is 10.1. The van der Waals surface area contributed by atoms with Gasteiger partial charge in [-0.25, -0.2) is 0 Å². The summed E-state index contributed by atoms with van der Waals surface area (Å²) in [6.45, 7) is 1.09. The molecule has 1 fully saturated rings. The van der Waals surface area contributed by atoms with Crippen LogP contribution in [0.5, 0.6) is 0 Å². The molecule has 0 amide bonds. The summed E-state index contributed by atoms with van der Waals surface area (Å²) >= 11 is 0. The van der Waals surface area contributed by atoms with Crippen molar-refractivity contribution in [3.05, 3.63) is 36.7 Å². The zero-order valence-electron chi connectivity index (χ0n) is 8.76. The number of anilines is 1. The fourth-order valence-corrected chi connectivity index (χ4v) is 2.85.